The minimum Gasteiger partial charge on any atom is -0.338 e. The van der Waals surface area contributed by atoms with Crippen molar-refractivity contribution in [3.05, 3.63) is 45.1 Å². The van der Waals surface area contributed by atoms with Crippen LogP contribution in [0.2, 0.25) is 10.0 Å². The molecule has 0 spiro atoms. The molecule has 1 saturated heterocycles. The second kappa shape index (κ2) is 10.2. The Hall–Kier alpha value is -2.29. The van der Waals surface area contributed by atoms with Gasteiger partial charge in [-0.3, -0.25) is 19.4 Å². The van der Waals surface area contributed by atoms with Crippen molar-refractivity contribution in [1.82, 2.24) is 24.9 Å². The molecule has 2 atom stereocenters. The topological polar surface area (TPSA) is 76.2 Å². The molecule has 1 aliphatic carbocycles. The van der Waals surface area contributed by atoms with E-state index in [1.165, 1.54) is 25.7 Å². The van der Waals surface area contributed by atoms with Gasteiger partial charge in [0.25, 0.3) is 5.91 Å². The van der Waals surface area contributed by atoms with Crippen LogP contribution in [0.5, 0.6) is 0 Å². The van der Waals surface area contributed by atoms with Gasteiger partial charge in [-0.05, 0) is 44.4 Å². The Labute approximate surface area is 222 Å². The van der Waals surface area contributed by atoms with Crippen LogP contribution in [-0.2, 0) is 9.59 Å². The van der Waals surface area contributed by atoms with E-state index >= 15 is 0 Å². The van der Waals surface area contributed by atoms with Gasteiger partial charge in [0.15, 0.2) is 0 Å². The standard InChI is InChI=1S/C26H33Cl2N5O3/c1-3-32-21-15-33(16(2)24(34)31-12-10-30(11-13-31)18-6-4-5-7-18)25(35)22(21)23(29-26(32)36)19-9-8-17(27)14-20(19)28/h8-9,14,16,18,23H,3-7,10-13,15H2,1-2H3,(H,29,36)/t16-,23-/m0/s1. The summed E-state index contributed by atoms with van der Waals surface area (Å²) in [6, 6.07) is 4.06. The highest BCUT2D eigenvalue weighted by molar-refractivity contribution is 6.35. The summed E-state index contributed by atoms with van der Waals surface area (Å²) in [4.78, 5) is 47.8. The molecule has 0 aromatic heterocycles. The second-order valence-electron chi connectivity index (χ2n) is 10.1. The summed E-state index contributed by atoms with van der Waals surface area (Å²) in [7, 11) is 0. The molecule has 3 heterocycles. The van der Waals surface area contributed by atoms with Crippen molar-refractivity contribution in [2.24, 2.45) is 0 Å². The first-order valence-electron chi connectivity index (χ1n) is 12.9. The normalized spacial score (nSPS) is 24.4. The SMILES string of the molecule is CCN1C(=O)N[C@@H](c2ccc(Cl)cc2Cl)C2=C1CN([C@@H](C)C(=O)N1CCN(C3CCCC3)CC1)C2=O. The van der Waals surface area contributed by atoms with Gasteiger partial charge in [-0.1, -0.05) is 42.1 Å². The molecule has 10 heteroatoms. The number of hydrogen-bond acceptors (Lipinski definition) is 4. The third-order valence-corrected chi connectivity index (χ3v) is 8.69. The zero-order chi connectivity index (χ0) is 25.6. The van der Waals surface area contributed by atoms with E-state index in [2.05, 4.69) is 10.2 Å². The summed E-state index contributed by atoms with van der Waals surface area (Å²) in [5, 5.41) is 3.78. The highest BCUT2D eigenvalue weighted by Crippen LogP contribution is 2.40. The van der Waals surface area contributed by atoms with E-state index in [0.717, 1.165) is 13.1 Å². The van der Waals surface area contributed by atoms with Gasteiger partial charge in [0, 0.05) is 48.8 Å². The van der Waals surface area contributed by atoms with E-state index in [1.807, 2.05) is 11.8 Å². The van der Waals surface area contributed by atoms with Crippen LogP contribution in [0, 0.1) is 0 Å². The predicted octanol–water partition coefficient (Wildman–Crippen LogP) is 3.65. The summed E-state index contributed by atoms with van der Waals surface area (Å²) >= 11 is 12.5. The minimum atomic E-state index is -0.699. The Bertz CT molecular complexity index is 1100. The van der Waals surface area contributed by atoms with Crippen LogP contribution in [0.3, 0.4) is 0 Å². The number of carbonyl (C=O) groups is 3. The first-order chi connectivity index (χ1) is 17.3. The lowest BCUT2D eigenvalue weighted by Crippen LogP contribution is -2.56. The summed E-state index contributed by atoms with van der Waals surface area (Å²) in [6.45, 7) is 7.40. The molecular formula is C26H33Cl2N5O3. The van der Waals surface area contributed by atoms with Gasteiger partial charge in [0.2, 0.25) is 5.91 Å². The van der Waals surface area contributed by atoms with E-state index in [4.69, 9.17) is 23.2 Å². The molecule has 4 aliphatic rings. The van der Waals surface area contributed by atoms with Crippen molar-refractivity contribution in [3.63, 3.8) is 0 Å². The van der Waals surface area contributed by atoms with E-state index in [-0.39, 0.29) is 24.4 Å². The first kappa shape index (κ1) is 25.4. The fourth-order valence-electron chi connectivity index (χ4n) is 6.10. The van der Waals surface area contributed by atoms with E-state index in [9.17, 15) is 14.4 Å². The number of amides is 4. The second-order valence-corrected chi connectivity index (χ2v) is 10.9. The zero-order valence-electron chi connectivity index (χ0n) is 20.8. The van der Waals surface area contributed by atoms with Gasteiger partial charge >= 0.3 is 6.03 Å². The average Bonchev–Trinajstić information content (AvgIpc) is 3.52. The molecule has 0 bridgehead atoms. The lowest BCUT2D eigenvalue weighted by molar-refractivity contribution is -0.143. The van der Waals surface area contributed by atoms with Gasteiger partial charge < -0.3 is 15.1 Å². The number of hydrogen-bond donors (Lipinski definition) is 1. The number of nitrogens with zero attached hydrogens (tertiary/aromatic N) is 4. The number of benzene rings is 1. The highest BCUT2D eigenvalue weighted by atomic mass is 35.5. The first-order valence-corrected chi connectivity index (χ1v) is 13.7. The van der Waals surface area contributed by atoms with E-state index in [1.54, 1.807) is 34.9 Å². The molecule has 1 aromatic carbocycles. The van der Waals surface area contributed by atoms with E-state index < -0.39 is 12.1 Å². The summed E-state index contributed by atoms with van der Waals surface area (Å²) in [5.74, 6) is -0.289. The molecule has 2 fully saturated rings. The maximum absolute atomic E-state index is 13.8. The smallest absolute Gasteiger partial charge is 0.322 e. The fourth-order valence-corrected chi connectivity index (χ4v) is 6.62. The molecule has 3 aliphatic heterocycles. The van der Waals surface area contributed by atoms with Crippen molar-refractivity contribution < 1.29 is 14.4 Å². The van der Waals surface area contributed by atoms with Crippen LogP contribution in [0.1, 0.15) is 51.1 Å². The molecule has 1 N–H and O–H groups in total. The monoisotopic (exact) mass is 533 g/mol. The molecule has 36 heavy (non-hydrogen) atoms. The number of urea groups is 1. The van der Waals surface area contributed by atoms with Crippen LogP contribution in [0.15, 0.2) is 29.5 Å². The Morgan fingerprint density at radius 1 is 1.11 bits per heavy atom. The number of nitrogens with one attached hydrogen (secondary N) is 1. The molecule has 0 radical (unpaired) electrons. The van der Waals surface area contributed by atoms with E-state index in [0.29, 0.717) is 52.6 Å². The number of piperazine rings is 1. The lowest BCUT2D eigenvalue weighted by Gasteiger charge is -2.40. The Balaban J connectivity index is 1.34. The van der Waals surface area contributed by atoms with Crippen LogP contribution in [-0.4, -0.2) is 88.8 Å². The zero-order valence-corrected chi connectivity index (χ0v) is 22.3. The number of carbonyl (C=O) groups excluding carboxylic acids is 3. The molecular weight excluding hydrogens is 501 g/mol. The Kier molecular flexibility index (Phi) is 7.21. The maximum Gasteiger partial charge on any atom is 0.322 e. The minimum absolute atomic E-state index is 0.0438. The third-order valence-electron chi connectivity index (χ3n) is 8.13. The molecule has 8 nitrogen and oxygen atoms in total. The fraction of sp³-hybridized carbons (Fsp3) is 0.577. The average molecular weight is 534 g/mol. The van der Waals surface area contributed by atoms with Crippen LogP contribution < -0.4 is 5.32 Å². The van der Waals surface area contributed by atoms with Crippen molar-refractivity contribution in [2.75, 3.05) is 39.3 Å². The van der Waals surface area contributed by atoms with Crippen LogP contribution >= 0.6 is 23.2 Å². The van der Waals surface area contributed by atoms with Gasteiger partial charge in [0.05, 0.1) is 23.9 Å². The van der Waals surface area contributed by atoms with Gasteiger partial charge in [-0.15, -0.1) is 0 Å². The maximum atomic E-state index is 13.8. The lowest BCUT2D eigenvalue weighted by atomic mass is 9.95. The highest BCUT2D eigenvalue weighted by Gasteiger charge is 2.47. The van der Waals surface area contributed by atoms with Gasteiger partial charge in [0.1, 0.15) is 6.04 Å². The van der Waals surface area contributed by atoms with Crippen LogP contribution in [0.4, 0.5) is 4.79 Å². The molecule has 4 amide bonds. The molecule has 1 aromatic rings. The van der Waals surface area contributed by atoms with Gasteiger partial charge in [-0.2, -0.15) is 0 Å². The van der Waals surface area contributed by atoms with Crippen molar-refractivity contribution in [1.29, 1.82) is 0 Å². The molecule has 0 unspecified atom stereocenters. The van der Waals surface area contributed by atoms with Gasteiger partial charge in [-0.25, -0.2) is 4.79 Å². The quantitative estimate of drug-likeness (QED) is 0.626. The predicted molar refractivity (Wildman–Crippen MR) is 139 cm³/mol. The number of halogens is 2. The molecule has 194 valence electrons. The van der Waals surface area contributed by atoms with Crippen LogP contribution in [0.25, 0.3) is 0 Å². The largest absolute Gasteiger partial charge is 0.338 e. The van der Waals surface area contributed by atoms with Crippen molar-refractivity contribution in [2.45, 2.75) is 57.7 Å². The number of rotatable bonds is 5. The summed E-state index contributed by atoms with van der Waals surface area (Å²) in [6.07, 6.45) is 5.10. The number of likely N-dealkylation sites (N-methyl/N-ethyl adjacent to an activating group) is 1. The molecule has 1 saturated carbocycles. The molecule has 5 rings (SSSR count). The van der Waals surface area contributed by atoms with Crippen molar-refractivity contribution >= 4 is 41.0 Å². The summed E-state index contributed by atoms with van der Waals surface area (Å²) in [5.41, 5.74) is 1.70. The Morgan fingerprint density at radius 2 is 1.81 bits per heavy atom. The third kappa shape index (κ3) is 4.48. The summed E-state index contributed by atoms with van der Waals surface area (Å²) < 4.78 is 0. The van der Waals surface area contributed by atoms with Crippen molar-refractivity contribution in [3.8, 4) is 0 Å². The Morgan fingerprint density at radius 3 is 2.44 bits per heavy atom.